The largest absolute Gasteiger partial charge is 0.330 e. The molecule has 0 unspecified atom stereocenters. The lowest BCUT2D eigenvalue weighted by molar-refractivity contribution is 0.259. The minimum Gasteiger partial charge on any atom is -0.330 e. The Bertz CT molecular complexity index is 407. The highest BCUT2D eigenvalue weighted by Crippen LogP contribution is 2.21. The van der Waals surface area contributed by atoms with Crippen LogP contribution in [-0.2, 0) is 10.2 Å². The molecule has 0 bridgehead atoms. The Kier molecular flexibility index (Phi) is 6.43. The minimum absolute atomic E-state index is 0.610. The third-order valence-electron chi connectivity index (χ3n) is 4.62. The molecule has 2 fully saturated rings. The molecule has 7 heteroatoms. The van der Waals surface area contributed by atoms with Crippen molar-refractivity contribution in [3.8, 4) is 0 Å². The third kappa shape index (κ3) is 4.63. The summed E-state index contributed by atoms with van der Waals surface area (Å²) in [6.07, 6.45) is 3.86. The first-order chi connectivity index (χ1) is 10.0. The number of nitrogens with zero attached hydrogens (tertiary/aromatic N) is 3. The fraction of sp³-hybridized carbons (Fsp3) is 1.00. The molecule has 0 spiro atoms. The van der Waals surface area contributed by atoms with E-state index in [1.54, 1.807) is 8.61 Å². The van der Waals surface area contributed by atoms with E-state index in [9.17, 15) is 8.42 Å². The smallest absolute Gasteiger partial charge is 0.282 e. The lowest BCUT2D eigenvalue weighted by Gasteiger charge is -2.33. The topological polar surface area (TPSA) is 69.9 Å². The van der Waals surface area contributed by atoms with E-state index in [4.69, 9.17) is 5.73 Å². The highest BCUT2D eigenvalue weighted by Gasteiger charge is 2.32. The normalized spacial score (nSPS) is 25.0. The Hall–Kier alpha value is -0.210. The maximum atomic E-state index is 12.7. The van der Waals surface area contributed by atoms with Crippen molar-refractivity contribution in [2.24, 2.45) is 11.7 Å². The van der Waals surface area contributed by atoms with Gasteiger partial charge in [-0.3, -0.25) is 0 Å². The van der Waals surface area contributed by atoms with Gasteiger partial charge in [-0.25, -0.2) is 0 Å². The molecular weight excluding hydrogens is 288 g/mol. The summed E-state index contributed by atoms with van der Waals surface area (Å²) in [5.41, 5.74) is 5.55. The van der Waals surface area contributed by atoms with Gasteiger partial charge in [0.25, 0.3) is 10.2 Å². The van der Waals surface area contributed by atoms with Gasteiger partial charge in [0.2, 0.25) is 0 Å². The predicted octanol–water partition coefficient (Wildman–Crippen LogP) is 0.320. The second-order valence-corrected chi connectivity index (χ2v) is 8.25. The molecule has 0 aromatic carbocycles. The maximum Gasteiger partial charge on any atom is 0.282 e. The molecule has 2 aliphatic heterocycles. The van der Waals surface area contributed by atoms with E-state index < -0.39 is 10.2 Å². The molecule has 0 amide bonds. The fourth-order valence-electron chi connectivity index (χ4n) is 3.10. The quantitative estimate of drug-likeness (QED) is 0.792. The molecule has 0 aliphatic carbocycles. The average molecular weight is 318 g/mol. The molecule has 2 heterocycles. The molecule has 0 saturated carbocycles. The zero-order valence-electron chi connectivity index (χ0n) is 13.2. The van der Waals surface area contributed by atoms with Gasteiger partial charge in [-0.1, -0.05) is 6.92 Å². The van der Waals surface area contributed by atoms with Gasteiger partial charge < -0.3 is 10.6 Å². The van der Waals surface area contributed by atoms with Gasteiger partial charge in [0.05, 0.1) is 0 Å². The molecular formula is C14H30N4O2S. The van der Waals surface area contributed by atoms with Gasteiger partial charge in [0.15, 0.2) is 0 Å². The van der Waals surface area contributed by atoms with E-state index in [1.165, 1.54) is 0 Å². The van der Waals surface area contributed by atoms with Gasteiger partial charge in [-0.15, -0.1) is 0 Å². The number of piperidine rings is 1. The van der Waals surface area contributed by atoms with Crippen LogP contribution >= 0.6 is 0 Å². The summed E-state index contributed by atoms with van der Waals surface area (Å²) in [4.78, 5) is 2.33. The van der Waals surface area contributed by atoms with Crippen molar-refractivity contribution in [1.82, 2.24) is 13.5 Å². The Labute approximate surface area is 129 Å². The van der Waals surface area contributed by atoms with Gasteiger partial charge in [0.1, 0.15) is 0 Å². The maximum absolute atomic E-state index is 12.7. The molecule has 2 N–H and O–H groups in total. The average Bonchev–Trinajstić information content (AvgIpc) is 2.71. The van der Waals surface area contributed by atoms with E-state index in [0.717, 1.165) is 45.3 Å². The zero-order chi connectivity index (χ0) is 15.3. The van der Waals surface area contributed by atoms with Gasteiger partial charge in [-0.05, 0) is 51.2 Å². The Morgan fingerprint density at radius 1 is 1.00 bits per heavy atom. The van der Waals surface area contributed by atoms with E-state index in [2.05, 4.69) is 11.8 Å². The van der Waals surface area contributed by atoms with E-state index in [1.807, 2.05) is 0 Å². The van der Waals surface area contributed by atoms with E-state index >= 15 is 0 Å². The first kappa shape index (κ1) is 17.1. The van der Waals surface area contributed by atoms with Gasteiger partial charge in [-0.2, -0.15) is 17.0 Å². The molecule has 2 saturated heterocycles. The number of hydrogen-bond donors (Lipinski definition) is 1. The summed E-state index contributed by atoms with van der Waals surface area (Å²) < 4.78 is 28.8. The summed E-state index contributed by atoms with van der Waals surface area (Å²) in [5, 5.41) is 0. The summed E-state index contributed by atoms with van der Waals surface area (Å²) in [6, 6.07) is 0. The molecule has 0 aromatic rings. The first-order valence-corrected chi connectivity index (χ1v) is 9.61. The fourth-order valence-corrected chi connectivity index (χ4v) is 4.77. The second kappa shape index (κ2) is 7.87. The van der Waals surface area contributed by atoms with Crippen molar-refractivity contribution in [1.29, 1.82) is 0 Å². The molecule has 6 nitrogen and oxygen atoms in total. The lowest BCUT2D eigenvalue weighted by atomic mass is 10.0. The number of rotatable bonds is 5. The van der Waals surface area contributed by atoms with Crippen molar-refractivity contribution in [2.75, 3.05) is 52.4 Å². The molecule has 0 radical (unpaired) electrons. The van der Waals surface area contributed by atoms with E-state index in [-0.39, 0.29) is 0 Å². The van der Waals surface area contributed by atoms with Crippen LogP contribution in [0.5, 0.6) is 0 Å². The van der Waals surface area contributed by atoms with Gasteiger partial charge >= 0.3 is 0 Å². The van der Waals surface area contributed by atoms with Crippen LogP contribution in [0.1, 0.15) is 32.6 Å². The molecule has 0 aromatic heterocycles. The summed E-state index contributed by atoms with van der Waals surface area (Å²) in [5.74, 6) is 0.646. The van der Waals surface area contributed by atoms with Gasteiger partial charge in [0, 0.05) is 32.7 Å². The van der Waals surface area contributed by atoms with Crippen molar-refractivity contribution in [2.45, 2.75) is 32.6 Å². The summed E-state index contributed by atoms with van der Waals surface area (Å²) >= 11 is 0. The third-order valence-corrected chi connectivity index (χ3v) is 6.66. The lowest BCUT2D eigenvalue weighted by Crippen LogP contribution is -2.48. The van der Waals surface area contributed by atoms with Crippen LogP contribution in [0.4, 0.5) is 0 Å². The predicted molar refractivity (Wildman–Crippen MR) is 85.2 cm³/mol. The van der Waals surface area contributed by atoms with Crippen LogP contribution in [0, 0.1) is 5.92 Å². The summed E-state index contributed by atoms with van der Waals surface area (Å²) in [7, 11) is -3.26. The van der Waals surface area contributed by atoms with Crippen LogP contribution in [0.25, 0.3) is 0 Å². The first-order valence-electron chi connectivity index (χ1n) is 8.21. The Morgan fingerprint density at radius 2 is 1.67 bits per heavy atom. The highest BCUT2D eigenvalue weighted by molar-refractivity contribution is 7.86. The van der Waals surface area contributed by atoms with E-state index in [0.29, 0.717) is 38.6 Å². The standard InChI is InChI=1S/C14H30N4O2S/c1-14-4-10-18(11-5-14)21(19,20)17-9-3-8-16(12-13-17)7-2-6-15/h14H,2-13,15H2,1H3. The van der Waals surface area contributed by atoms with Crippen LogP contribution in [-0.4, -0.2) is 74.3 Å². The van der Waals surface area contributed by atoms with Crippen LogP contribution < -0.4 is 5.73 Å². The highest BCUT2D eigenvalue weighted by atomic mass is 32.2. The van der Waals surface area contributed by atoms with Crippen LogP contribution in [0.3, 0.4) is 0 Å². The SMILES string of the molecule is CC1CCN(S(=O)(=O)N2CCCN(CCCN)CC2)CC1. The van der Waals surface area contributed by atoms with Crippen molar-refractivity contribution in [3.63, 3.8) is 0 Å². The molecule has 2 aliphatic rings. The molecule has 2 rings (SSSR count). The van der Waals surface area contributed by atoms with Crippen LogP contribution in [0.15, 0.2) is 0 Å². The Morgan fingerprint density at radius 3 is 2.33 bits per heavy atom. The van der Waals surface area contributed by atoms with Crippen molar-refractivity contribution < 1.29 is 8.42 Å². The number of nitrogens with two attached hydrogens (primary N) is 1. The molecule has 124 valence electrons. The second-order valence-electron chi connectivity index (χ2n) is 6.33. The number of hydrogen-bond acceptors (Lipinski definition) is 4. The molecule has 0 atom stereocenters. The molecule has 21 heavy (non-hydrogen) atoms. The minimum atomic E-state index is -3.26. The Balaban J connectivity index is 1.91. The van der Waals surface area contributed by atoms with Crippen molar-refractivity contribution in [3.05, 3.63) is 0 Å². The van der Waals surface area contributed by atoms with Crippen LogP contribution in [0.2, 0.25) is 0 Å². The van der Waals surface area contributed by atoms with Crippen molar-refractivity contribution >= 4 is 10.2 Å². The summed E-state index contributed by atoms with van der Waals surface area (Å²) in [6.45, 7) is 8.29. The monoisotopic (exact) mass is 318 g/mol. The zero-order valence-corrected chi connectivity index (χ0v) is 14.0.